The number of rotatable bonds is 51. The first-order valence-electron chi connectivity index (χ1n) is 27.6. The number of nitrogens with one attached hydrogen (secondary N) is 1. The van der Waals surface area contributed by atoms with E-state index in [-0.39, 0.29) is 18.5 Å². The van der Waals surface area contributed by atoms with E-state index in [1.165, 1.54) is 225 Å². The molecule has 0 aliphatic heterocycles. The Morgan fingerprint density at radius 3 is 1.15 bits per heavy atom. The van der Waals surface area contributed by atoms with Crippen molar-refractivity contribution in [3.05, 3.63) is 24.3 Å². The fourth-order valence-corrected chi connectivity index (χ4v) is 8.45. The van der Waals surface area contributed by atoms with Crippen molar-refractivity contribution in [3.8, 4) is 0 Å². The second kappa shape index (κ2) is 52.0. The normalized spacial score (nSPS) is 12.8. The molecular weight excluding hydrogens is 767 g/mol. The van der Waals surface area contributed by atoms with Gasteiger partial charge < -0.3 is 20.3 Å². The number of esters is 1. The number of hydrogen-bond donors (Lipinski definition) is 3. The van der Waals surface area contributed by atoms with E-state index in [1.54, 1.807) is 6.08 Å². The lowest BCUT2D eigenvalue weighted by Crippen LogP contribution is -2.45. The van der Waals surface area contributed by atoms with Gasteiger partial charge in [0.05, 0.1) is 25.4 Å². The van der Waals surface area contributed by atoms with E-state index in [9.17, 15) is 19.8 Å². The van der Waals surface area contributed by atoms with Crippen LogP contribution < -0.4 is 5.32 Å². The maximum absolute atomic E-state index is 12.4. The topological polar surface area (TPSA) is 95.9 Å². The first-order chi connectivity index (χ1) is 30.5. The number of hydrogen-bond acceptors (Lipinski definition) is 5. The summed E-state index contributed by atoms with van der Waals surface area (Å²) in [6.07, 6.45) is 61.9. The number of carbonyl (C=O) groups is 2. The Balaban J connectivity index is 3.44. The van der Waals surface area contributed by atoms with Crippen LogP contribution in [0.5, 0.6) is 0 Å². The molecule has 0 aromatic heterocycles. The number of amides is 1. The highest BCUT2D eigenvalue weighted by atomic mass is 16.5. The first kappa shape index (κ1) is 60.3. The summed E-state index contributed by atoms with van der Waals surface area (Å²) in [6, 6.07) is -0.632. The molecule has 0 spiro atoms. The highest BCUT2D eigenvalue weighted by Gasteiger charge is 2.18. The van der Waals surface area contributed by atoms with Crippen molar-refractivity contribution in [3.63, 3.8) is 0 Å². The molecule has 0 rings (SSSR count). The van der Waals surface area contributed by atoms with Gasteiger partial charge in [-0.25, -0.2) is 0 Å². The van der Waals surface area contributed by atoms with Gasteiger partial charge in [0, 0.05) is 12.8 Å². The lowest BCUT2D eigenvalue weighted by molar-refractivity contribution is -0.143. The third kappa shape index (κ3) is 47.8. The zero-order valence-electron chi connectivity index (χ0n) is 41.6. The summed E-state index contributed by atoms with van der Waals surface area (Å²) < 4.78 is 5.46. The van der Waals surface area contributed by atoms with Crippen LogP contribution in [0.2, 0.25) is 0 Å². The molecule has 0 aromatic rings. The van der Waals surface area contributed by atoms with E-state index >= 15 is 0 Å². The first-order valence-corrected chi connectivity index (χ1v) is 27.6. The van der Waals surface area contributed by atoms with Crippen LogP contribution in [0, 0.1) is 0 Å². The molecule has 0 heterocycles. The fourth-order valence-electron chi connectivity index (χ4n) is 8.45. The largest absolute Gasteiger partial charge is 0.466 e. The standard InChI is InChI=1S/C56H107NO5/c1-3-5-7-9-11-13-15-28-32-36-40-44-48-54(59)53(52-58)57-55(60)49-45-41-37-33-29-26-24-22-20-18-17-19-21-23-25-27-31-35-39-43-47-51-62-56(61)50-46-42-38-34-30-16-14-12-10-8-6-4-2/h18,20,44,48,53-54,58-59H,3-17,19,21-43,45-47,49-52H2,1-2H3,(H,57,60)/b20-18-,48-44+. The molecule has 2 atom stereocenters. The number of ether oxygens (including phenoxy) is 1. The predicted molar refractivity (Wildman–Crippen MR) is 269 cm³/mol. The van der Waals surface area contributed by atoms with Crippen LogP contribution in [0.15, 0.2) is 24.3 Å². The fraction of sp³-hybridized carbons (Fsp3) is 0.893. The minimum atomic E-state index is -0.847. The average molecular weight is 874 g/mol. The number of carbonyl (C=O) groups excluding carboxylic acids is 2. The summed E-state index contributed by atoms with van der Waals surface area (Å²) >= 11 is 0. The Morgan fingerprint density at radius 1 is 0.435 bits per heavy atom. The van der Waals surface area contributed by atoms with Crippen molar-refractivity contribution in [1.82, 2.24) is 5.32 Å². The summed E-state index contributed by atoms with van der Waals surface area (Å²) in [5.74, 6) is -0.0682. The lowest BCUT2D eigenvalue weighted by atomic mass is 10.0. The quantitative estimate of drug-likeness (QED) is 0.0321. The van der Waals surface area contributed by atoms with Crippen molar-refractivity contribution in [1.29, 1.82) is 0 Å². The number of aliphatic hydroxyl groups is 2. The molecule has 0 aromatic carbocycles. The Bertz CT molecular complexity index is 966. The maximum Gasteiger partial charge on any atom is 0.305 e. The summed E-state index contributed by atoms with van der Waals surface area (Å²) in [5, 5.41) is 23.0. The van der Waals surface area contributed by atoms with E-state index in [4.69, 9.17) is 4.74 Å². The molecule has 0 radical (unpaired) electrons. The van der Waals surface area contributed by atoms with Gasteiger partial charge in [-0.15, -0.1) is 0 Å². The molecule has 1 amide bonds. The van der Waals surface area contributed by atoms with E-state index < -0.39 is 12.1 Å². The SMILES string of the molecule is CCCCCCCCCCCC/C=C/C(O)C(CO)NC(=O)CCCCCCCCC/C=C\CCCCCCCCCCCCOC(=O)CCCCCCCCCCCCCC. The monoisotopic (exact) mass is 874 g/mol. The lowest BCUT2D eigenvalue weighted by Gasteiger charge is -2.20. The van der Waals surface area contributed by atoms with Gasteiger partial charge in [-0.3, -0.25) is 9.59 Å². The van der Waals surface area contributed by atoms with Crippen molar-refractivity contribution in [2.75, 3.05) is 13.2 Å². The molecule has 62 heavy (non-hydrogen) atoms. The summed E-state index contributed by atoms with van der Waals surface area (Å²) in [4.78, 5) is 24.4. The summed E-state index contributed by atoms with van der Waals surface area (Å²) in [5.41, 5.74) is 0. The molecule has 2 unspecified atom stereocenters. The van der Waals surface area contributed by atoms with Crippen LogP contribution in [0.4, 0.5) is 0 Å². The zero-order valence-corrected chi connectivity index (χ0v) is 41.6. The van der Waals surface area contributed by atoms with Gasteiger partial charge in [0.2, 0.25) is 5.91 Å². The smallest absolute Gasteiger partial charge is 0.305 e. The van der Waals surface area contributed by atoms with Crippen molar-refractivity contribution < 1.29 is 24.5 Å². The van der Waals surface area contributed by atoms with Gasteiger partial charge in [0.15, 0.2) is 0 Å². The van der Waals surface area contributed by atoms with E-state index in [0.717, 1.165) is 44.9 Å². The second-order valence-corrected chi connectivity index (χ2v) is 18.9. The summed E-state index contributed by atoms with van der Waals surface area (Å²) in [6.45, 7) is 4.89. The molecule has 0 saturated heterocycles. The van der Waals surface area contributed by atoms with Gasteiger partial charge in [0.1, 0.15) is 0 Å². The second-order valence-electron chi connectivity index (χ2n) is 18.9. The number of allylic oxidation sites excluding steroid dienone is 3. The molecule has 3 N–H and O–H groups in total. The summed E-state index contributed by atoms with van der Waals surface area (Å²) in [7, 11) is 0. The molecule has 6 heteroatoms. The van der Waals surface area contributed by atoms with Crippen LogP contribution in [0.1, 0.15) is 296 Å². The molecular formula is C56H107NO5. The Labute approximate surface area is 386 Å². The molecule has 6 nitrogen and oxygen atoms in total. The van der Waals surface area contributed by atoms with Gasteiger partial charge in [-0.1, -0.05) is 250 Å². The van der Waals surface area contributed by atoms with Crippen LogP contribution in [-0.2, 0) is 14.3 Å². The molecule has 0 fully saturated rings. The highest BCUT2D eigenvalue weighted by molar-refractivity contribution is 5.76. The maximum atomic E-state index is 12.4. The Kier molecular flexibility index (Phi) is 50.6. The van der Waals surface area contributed by atoms with Gasteiger partial charge in [0.25, 0.3) is 0 Å². The van der Waals surface area contributed by atoms with Crippen molar-refractivity contribution >= 4 is 11.9 Å². The number of aliphatic hydroxyl groups excluding tert-OH is 2. The molecule has 0 aliphatic rings. The van der Waals surface area contributed by atoms with Gasteiger partial charge in [-0.2, -0.15) is 0 Å². The molecule has 0 saturated carbocycles. The van der Waals surface area contributed by atoms with Crippen LogP contribution in [-0.4, -0.2) is 47.4 Å². The van der Waals surface area contributed by atoms with E-state index in [0.29, 0.717) is 19.4 Å². The van der Waals surface area contributed by atoms with E-state index in [2.05, 4.69) is 31.3 Å². The van der Waals surface area contributed by atoms with Crippen LogP contribution in [0.25, 0.3) is 0 Å². The molecule has 366 valence electrons. The van der Waals surface area contributed by atoms with Crippen LogP contribution >= 0.6 is 0 Å². The van der Waals surface area contributed by atoms with Crippen LogP contribution in [0.3, 0.4) is 0 Å². The van der Waals surface area contributed by atoms with Crippen molar-refractivity contribution in [2.24, 2.45) is 0 Å². The van der Waals surface area contributed by atoms with Gasteiger partial charge >= 0.3 is 5.97 Å². The molecule has 0 aliphatic carbocycles. The molecule has 0 bridgehead atoms. The van der Waals surface area contributed by atoms with E-state index in [1.807, 2.05) is 6.08 Å². The third-order valence-electron chi connectivity index (χ3n) is 12.7. The van der Waals surface area contributed by atoms with Crippen molar-refractivity contribution in [2.45, 2.75) is 309 Å². The third-order valence-corrected chi connectivity index (χ3v) is 12.7. The minimum Gasteiger partial charge on any atom is -0.466 e. The average Bonchev–Trinajstić information content (AvgIpc) is 3.27. The van der Waals surface area contributed by atoms with Gasteiger partial charge in [-0.05, 0) is 57.8 Å². The Hall–Kier alpha value is -1.66. The Morgan fingerprint density at radius 2 is 0.758 bits per heavy atom. The predicted octanol–water partition coefficient (Wildman–Crippen LogP) is 16.7. The zero-order chi connectivity index (χ0) is 45.1. The minimum absolute atomic E-state index is 0.00803. The highest BCUT2D eigenvalue weighted by Crippen LogP contribution is 2.16. The number of unbranched alkanes of at least 4 members (excludes halogenated alkanes) is 38.